The van der Waals surface area contributed by atoms with Gasteiger partial charge in [-0.15, -0.1) is 0 Å². The summed E-state index contributed by atoms with van der Waals surface area (Å²) in [4.78, 5) is 12.9. The van der Waals surface area contributed by atoms with Crippen molar-refractivity contribution in [2.24, 2.45) is 0 Å². The van der Waals surface area contributed by atoms with E-state index in [1.165, 1.54) is 0 Å². The van der Waals surface area contributed by atoms with Crippen LogP contribution in [0.5, 0.6) is 0 Å². The number of amides is 1. The lowest BCUT2D eigenvalue weighted by atomic mass is 10.2. The van der Waals surface area contributed by atoms with Crippen molar-refractivity contribution in [3.63, 3.8) is 0 Å². The molecule has 2 aromatic heterocycles. The van der Waals surface area contributed by atoms with Crippen molar-refractivity contribution in [1.29, 1.82) is 0 Å². The Kier molecular flexibility index (Phi) is 4.53. The van der Waals surface area contributed by atoms with E-state index in [0.29, 0.717) is 5.56 Å². The van der Waals surface area contributed by atoms with Crippen LogP contribution < -0.4 is 5.32 Å². The van der Waals surface area contributed by atoms with Gasteiger partial charge in [0.15, 0.2) is 0 Å². The molecule has 2 heterocycles. The Bertz CT molecular complexity index is 1130. The van der Waals surface area contributed by atoms with Crippen molar-refractivity contribution in [1.82, 2.24) is 19.6 Å². The number of aromatic nitrogens is 4. The zero-order valence-electron chi connectivity index (χ0n) is 16.0. The molecule has 6 nitrogen and oxygen atoms in total. The van der Waals surface area contributed by atoms with Gasteiger partial charge in [0, 0.05) is 0 Å². The fraction of sp³-hybridized carbons (Fsp3) is 0.136. The van der Waals surface area contributed by atoms with Crippen LogP contribution >= 0.6 is 0 Å². The van der Waals surface area contributed by atoms with Crippen LogP contribution in [0, 0.1) is 20.8 Å². The average molecular weight is 371 g/mol. The van der Waals surface area contributed by atoms with Crippen LogP contribution in [0.2, 0.25) is 0 Å². The van der Waals surface area contributed by atoms with E-state index < -0.39 is 0 Å². The van der Waals surface area contributed by atoms with Crippen LogP contribution in [0.1, 0.15) is 27.4 Å². The third-order valence-electron chi connectivity index (χ3n) is 4.79. The first-order chi connectivity index (χ1) is 13.6. The summed E-state index contributed by atoms with van der Waals surface area (Å²) >= 11 is 0. The molecule has 4 aromatic rings. The smallest absolute Gasteiger partial charge is 0.259 e. The van der Waals surface area contributed by atoms with Crippen LogP contribution in [0.25, 0.3) is 11.4 Å². The molecule has 2 aromatic carbocycles. The van der Waals surface area contributed by atoms with Crippen molar-refractivity contribution in [2.45, 2.75) is 20.8 Å². The van der Waals surface area contributed by atoms with Gasteiger partial charge in [0.1, 0.15) is 0 Å². The Balaban J connectivity index is 1.64. The number of carbonyl (C=O) groups excluding carboxylic acids is 1. The number of nitrogens with zero attached hydrogens (tertiary/aromatic N) is 4. The zero-order valence-corrected chi connectivity index (χ0v) is 16.0. The standard InChI is InChI=1S/C22H21N5O/c1-15-21(17(3)27(25-15)19-12-8-5-9-13-19)24-22(28)20-14-23-26(16(20)2)18-10-6-4-7-11-18/h4-14H,1-3H3,(H,24,28). The summed E-state index contributed by atoms with van der Waals surface area (Å²) in [5, 5.41) is 12.0. The minimum absolute atomic E-state index is 0.196. The molecule has 1 amide bonds. The van der Waals surface area contributed by atoms with E-state index in [0.717, 1.165) is 34.1 Å². The lowest BCUT2D eigenvalue weighted by molar-refractivity contribution is 0.102. The molecule has 1 N–H and O–H groups in total. The number of carbonyl (C=O) groups is 1. The zero-order chi connectivity index (χ0) is 19.7. The summed E-state index contributed by atoms with van der Waals surface area (Å²) in [6.45, 7) is 5.73. The second-order valence-corrected chi connectivity index (χ2v) is 6.64. The maximum Gasteiger partial charge on any atom is 0.259 e. The van der Waals surface area contributed by atoms with Gasteiger partial charge in [0.25, 0.3) is 5.91 Å². The van der Waals surface area contributed by atoms with E-state index >= 15 is 0 Å². The minimum atomic E-state index is -0.196. The molecular weight excluding hydrogens is 350 g/mol. The molecule has 6 heteroatoms. The van der Waals surface area contributed by atoms with Gasteiger partial charge in [-0.25, -0.2) is 9.36 Å². The molecule has 0 spiro atoms. The van der Waals surface area contributed by atoms with Crippen molar-refractivity contribution >= 4 is 11.6 Å². The Hall–Kier alpha value is -3.67. The predicted molar refractivity (Wildman–Crippen MR) is 109 cm³/mol. The largest absolute Gasteiger partial charge is 0.319 e. The molecule has 0 bridgehead atoms. The normalized spacial score (nSPS) is 10.8. The second-order valence-electron chi connectivity index (χ2n) is 6.64. The molecule has 28 heavy (non-hydrogen) atoms. The number of nitrogens with one attached hydrogen (secondary N) is 1. The summed E-state index contributed by atoms with van der Waals surface area (Å²) in [6.07, 6.45) is 1.60. The van der Waals surface area contributed by atoms with Gasteiger partial charge in [-0.05, 0) is 45.0 Å². The van der Waals surface area contributed by atoms with Gasteiger partial charge in [0.2, 0.25) is 0 Å². The first-order valence-corrected chi connectivity index (χ1v) is 9.09. The van der Waals surface area contributed by atoms with Crippen molar-refractivity contribution in [3.8, 4) is 11.4 Å². The molecule has 0 fully saturated rings. The summed E-state index contributed by atoms with van der Waals surface area (Å²) < 4.78 is 3.60. The summed E-state index contributed by atoms with van der Waals surface area (Å²) in [5.41, 5.74) is 5.57. The van der Waals surface area contributed by atoms with Crippen LogP contribution in [0.4, 0.5) is 5.69 Å². The minimum Gasteiger partial charge on any atom is -0.319 e. The Morgan fingerprint density at radius 1 is 0.821 bits per heavy atom. The number of hydrogen-bond acceptors (Lipinski definition) is 3. The predicted octanol–water partition coefficient (Wildman–Crippen LogP) is 4.24. The molecule has 0 unspecified atom stereocenters. The highest BCUT2D eigenvalue weighted by molar-refractivity contribution is 6.05. The Labute approximate surface area is 163 Å². The molecule has 0 aliphatic rings. The second kappa shape index (κ2) is 7.15. The molecule has 0 atom stereocenters. The monoisotopic (exact) mass is 371 g/mol. The third kappa shape index (κ3) is 3.09. The lowest BCUT2D eigenvalue weighted by Gasteiger charge is -2.08. The van der Waals surface area contributed by atoms with Gasteiger partial charge < -0.3 is 5.32 Å². The topological polar surface area (TPSA) is 64.7 Å². The number of aryl methyl sites for hydroxylation is 1. The highest BCUT2D eigenvalue weighted by atomic mass is 16.1. The van der Waals surface area contributed by atoms with Crippen LogP contribution in [0.15, 0.2) is 66.9 Å². The lowest BCUT2D eigenvalue weighted by Crippen LogP contribution is -2.14. The highest BCUT2D eigenvalue weighted by Crippen LogP contribution is 2.24. The first-order valence-electron chi connectivity index (χ1n) is 9.09. The number of hydrogen-bond donors (Lipinski definition) is 1. The molecule has 0 radical (unpaired) electrons. The van der Waals surface area contributed by atoms with Crippen LogP contribution in [-0.2, 0) is 0 Å². The summed E-state index contributed by atoms with van der Waals surface area (Å²) in [6, 6.07) is 19.6. The number of benzene rings is 2. The van der Waals surface area contributed by atoms with E-state index in [1.54, 1.807) is 10.9 Å². The van der Waals surface area contributed by atoms with Crippen molar-refractivity contribution in [3.05, 3.63) is 89.5 Å². The fourth-order valence-corrected chi connectivity index (χ4v) is 3.29. The molecule has 0 aliphatic carbocycles. The SMILES string of the molecule is Cc1nn(-c2ccccc2)c(C)c1NC(=O)c1cnn(-c2ccccc2)c1C. The van der Waals surface area contributed by atoms with Crippen LogP contribution in [0.3, 0.4) is 0 Å². The summed E-state index contributed by atoms with van der Waals surface area (Å²) in [7, 11) is 0. The van der Waals surface area contributed by atoms with E-state index in [4.69, 9.17) is 0 Å². The number of para-hydroxylation sites is 2. The van der Waals surface area contributed by atoms with Crippen molar-refractivity contribution in [2.75, 3.05) is 5.32 Å². The maximum absolute atomic E-state index is 12.9. The van der Waals surface area contributed by atoms with E-state index in [2.05, 4.69) is 15.5 Å². The summed E-state index contributed by atoms with van der Waals surface area (Å²) in [5.74, 6) is -0.196. The molecule has 4 rings (SSSR count). The van der Waals surface area contributed by atoms with Crippen molar-refractivity contribution < 1.29 is 4.79 Å². The maximum atomic E-state index is 12.9. The number of rotatable bonds is 4. The highest BCUT2D eigenvalue weighted by Gasteiger charge is 2.19. The van der Waals surface area contributed by atoms with Gasteiger partial charge in [0.05, 0.1) is 45.9 Å². The third-order valence-corrected chi connectivity index (χ3v) is 4.79. The van der Waals surface area contributed by atoms with Crippen LogP contribution in [-0.4, -0.2) is 25.5 Å². The Morgan fingerprint density at radius 3 is 2.00 bits per heavy atom. The average Bonchev–Trinajstić information content (AvgIpc) is 3.24. The molecule has 140 valence electrons. The quantitative estimate of drug-likeness (QED) is 0.584. The van der Waals surface area contributed by atoms with Gasteiger partial charge >= 0.3 is 0 Å². The van der Waals surface area contributed by atoms with Gasteiger partial charge in [-0.1, -0.05) is 36.4 Å². The Morgan fingerprint density at radius 2 is 1.39 bits per heavy atom. The van der Waals surface area contributed by atoms with E-state index in [-0.39, 0.29) is 5.91 Å². The molecule has 0 saturated carbocycles. The molecular formula is C22H21N5O. The van der Waals surface area contributed by atoms with Gasteiger partial charge in [-0.2, -0.15) is 10.2 Å². The van der Waals surface area contributed by atoms with E-state index in [9.17, 15) is 4.79 Å². The first kappa shape index (κ1) is 17.7. The fourth-order valence-electron chi connectivity index (χ4n) is 3.29. The van der Waals surface area contributed by atoms with Gasteiger partial charge in [-0.3, -0.25) is 4.79 Å². The molecule has 0 saturated heterocycles. The van der Waals surface area contributed by atoms with E-state index in [1.807, 2.05) is 86.1 Å². The molecule has 0 aliphatic heterocycles. The number of anilines is 1.